The predicted molar refractivity (Wildman–Crippen MR) is 65.2 cm³/mol. The number of carbonyl (C=O) groups is 1. The Kier molecular flexibility index (Phi) is 3.24. The third-order valence-electron chi connectivity index (χ3n) is 4.32. The lowest BCUT2D eigenvalue weighted by molar-refractivity contribution is -0.145. The Labute approximate surface area is 98.8 Å². The maximum atomic E-state index is 12.4. The minimum Gasteiger partial charge on any atom is -0.342 e. The van der Waals surface area contributed by atoms with Gasteiger partial charge in [0, 0.05) is 25.7 Å². The highest BCUT2D eigenvalue weighted by Gasteiger charge is 2.48. The Morgan fingerprint density at radius 2 is 2.06 bits per heavy atom. The van der Waals surface area contributed by atoms with Gasteiger partial charge in [0.05, 0.1) is 5.41 Å². The third kappa shape index (κ3) is 1.86. The molecule has 2 aliphatic rings. The molecule has 2 aliphatic heterocycles. The molecule has 2 saturated heterocycles. The molecule has 0 aromatic carbocycles. The zero-order valence-electron chi connectivity index (χ0n) is 10.8. The van der Waals surface area contributed by atoms with Crippen molar-refractivity contribution in [3.8, 4) is 0 Å². The van der Waals surface area contributed by atoms with Gasteiger partial charge in [-0.25, -0.2) is 0 Å². The second-order valence-electron chi connectivity index (χ2n) is 5.58. The van der Waals surface area contributed by atoms with Crippen molar-refractivity contribution >= 4 is 5.91 Å². The van der Waals surface area contributed by atoms with Crippen LogP contribution in [-0.4, -0.2) is 47.9 Å². The average Bonchev–Trinajstić information content (AvgIpc) is 2.68. The number of piperidine rings is 1. The Morgan fingerprint density at radius 1 is 1.31 bits per heavy atom. The molecule has 3 nitrogen and oxygen atoms in total. The highest BCUT2D eigenvalue weighted by atomic mass is 16.2. The van der Waals surface area contributed by atoms with Crippen LogP contribution in [0.3, 0.4) is 0 Å². The number of likely N-dealkylation sites (tertiary alicyclic amines) is 2. The fraction of sp³-hybridized carbons (Fsp3) is 0.923. The molecule has 1 atom stereocenters. The molecule has 0 N–H and O–H groups in total. The molecule has 3 heteroatoms. The number of amides is 1. The van der Waals surface area contributed by atoms with Crippen LogP contribution >= 0.6 is 0 Å². The summed E-state index contributed by atoms with van der Waals surface area (Å²) in [5.74, 6) is 0.421. The Morgan fingerprint density at radius 3 is 2.62 bits per heavy atom. The van der Waals surface area contributed by atoms with E-state index in [0.29, 0.717) is 11.9 Å². The van der Waals surface area contributed by atoms with Crippen LogP contribution in [0.2, 0.25) is 0 Å². The van der Waals surface area contributed by atoms with Crippen LogP contribution < -0.4 is 0 Å². The molecule has 1 spiro atoms. The molecule has 0 aromatic rings. The zero-order valence-corrected chi connectivity index (χ0v) is 10.8. The number of carbonyl (C=O) groups excluding carboxylic acids is 1. The summed E-state index contributed by atoms with van der Waals surface area (Å²) in [4.78, 5) is 17.0. The molecule has 0 saturated carbocycles. The standard InChI is InChI=1S/C13H24N2O/c1-4-14-8-5-6-13(12(14)16)7-9-15(10-13)11(2)3/h11H,4-10H2,1-3H3. The molecule has 0 bridgehead atoms. The van der Waals surface area contributed by atoms with Crippen LogP contribution in [0.4, 0.5) is 0 Å². The van der Waals surface area contributed by atoms with Gasteiger partial charge in [-0.1, -0.05) is 0 Å². The van der Waals surface area contributed by atoms with E-state index in [4.69, 9.17) is 0 Å². The second kappa shape index (κ2) is 4.36. The lowest BCUT2D eigenvalue weighted by Gasteiger charge is -2.39. The van der Waals surface area contributed by atoms with Gasteiger partial charge in [-0.15, -0.1) is 0 Å². The molecule has 1 amide bonds. The Balaban J connectivity index is 2.10. The number of hydrogen-bond donors (Lipinski definition) is 0. The largest absolute Gasteiger partial charge is 0.342 e. The molecule has 2 rings (SSSR count). The van der Waals surface area contributed by atoms with Crippen molar-refractivity contribution in [1.29, 1.82) is 0 Å². The smallest absolute Gasteiger partial charge is 0.230 e. The minimum atomic E-state index is -0.0292. The van der Waals surface area contributed by atoms with E-state index in [1.54, 1.807) is 0 Å². The quantitative estimate of drug-likeness (QED) is 0.713. The van der Waals surface area contributed by atoms with Crippen molar-refractivity contribution in [2.45, 2.75) is 46.1 Å². The van der Waals surface area contributed by atoms with E-state index < -0.39 is 0 Å². The average molecular weight is 224 g/mol. The highest BCUT2D eigenvalue weighted by molar-refractivity contribution is 5.84. The van der Waals surface area contributed by atoms with Gasteiger partial charge in [-0.2, -0.15) is 0 Å². The van der Waals surface area contributed by atoms with E-state index in [1.807, 2.05) is 4.90 Å². The first kappa shape index (κ1) is 11.9. The summed E-state index contributed by atoms with van der Waals surface area (Å²) in [6.45, 7) is 10.5. The molecule has 0 radical (unpaired) electrons. The van der Waals surface area contributed by atoms with E-state index in [9.17, 15) is 4.79 Å². The highest BCUT2D eigenvalue weighted by Crippen LogP contribution is 2.40. The maximum Gasteiger partial charge on any atom is 0.230 e. The van der Waals surface area contributed by atoms with Gasteiger partial charge < -0.3 is 4.90 Å². The fourth-order valence-corrected chi connectivity index (χ4v) is 3.18. The molecular weight excluding hydrogens is 200 g/mol. The van der Waals surface area contributed by atoms with Gasteiger partial charge in [0.25, 0.3) is 0 Å². The van der Waals surface area contributed by atoms with Crippen molar-refractivity contribution in [3.05, 3.63) is 0 Å². The van der Waals surface area contributed by atoms with Crippen molar-refractivity contribution in [2.24, 2.45) is 5.41 Å². The summed E-state index contributed by atoms with van der Waals surface area (Å²) in [6, 6.07) is 0.573. The summed E-state index contributed by atoms with van der Waals surface area (Å²) in [5.41, 5.74) is -0.0292. The lowest BCUT2D eigenvalue weighted by Crippen LogP contribution is -2.50. The first-order valence-electron chi connectivity index (χ1n) is 6.62. The Hall–Kier alpha value is -0.570. The van der Waals surface area contributed by atoms with Crippen LogP contribution in [0, 0.1) is 5.41 Å². The predicted octanol–water partition coefficient (Wildman–Crippen LogP) is 1.73. The van der Waals surface area contributed by atoms with Crippen LogP contribution in [0.5, 0.6) is 0 Å². The molecule has 0 aliphatic carbocycles. The number of rotatable bonds is 2. The summed E-state index contributed by atoms with van der Waals surface area (Å²) >= 11 is 0. The van der Waals surface area contributed by atoms with Crippen LogP contribution in [0.25, 0.3) is 0 Å². The number of nitrogens with zero attached hydrogens (tertiary/aromatic N) is 2. The van der Waals surface area contributed by atoms with Crippen molar-refractivity contribution in [2.75, 3.05) is 26.2 Å². The molecule has 2 fully saturated rings. The summed E-state index contributed by atoms with van der Waals surface area (Å²) < 4.78 is 0. The summed E-state index contributed by atoms with van der Waals surface area (Å²) in [6.07, 6.45) is 3.36. The van der Waals surface area contributed by atoms with Crippen molar-refractivity contribution in [3.63, 3.8) is 0 Å². The Bertz CT molecular complexity index is 277. The first-order valence-corrected chi connectivity index (χ1v) is 6.62. The maximum absolute atomic E-state index is 12.4. The third-order valence-corrected chi connectivity index (χ3v) is 4.32. The topological polar surface area (TPSA) is 23.6 Å². The number of hydrogen-bond acceptors (Lipinski definition) is 2. The minimum absolute atomic E-state index is 0.0292. The van der Waals surface area contributed by atoms with Crippen LogP contribution in [-0.2, 0) is 4.79 Å². The van der Waals surface area contributed by atoms with Gasteiger partial charge in [0.1, 0.15) is 0 Å². The molecular formula is C13H24N2O. The van der Waals surface area contributed by atoms with E-state index in [1.165, 1.54) is 6.42 Å². The summed E-state index contributed by atoms with van der Waals surface area (Å²) in [5, 5.41) is 0. The van der Waals surface area contributed by atoms with E-state index >= 15 is 0 Å². The monoisotopic (exact) mass is 224 g/mol. The van der Waals surface area contributed by atoms with Gasteiger partial charge in [-0.05, 0) is 46.6 Å². The van der Waals surface area contributed by atoms with Crippen LogP contribution in [0.15, 0.2) is 0 Å². The first-order chi connectivity index (χ1) is 7.59. The van der Waals surface area contributed by atoms with Gasteiger partial charge in [-0.3, -0.25) is 9.69 Å². The van der Waals surface area contributed by atoms with Gasteiger partial charge in [0.15, 0.2) is 0 Å². The zero-order chi connectivity index (χ0) is 11.8. The van der Waals surface area contributed by atoms with Crippen molar-refractivity contribution in [1.82, 2.24) is 9.80 Å². The molecule has 92 valence electrons. The van der Waals surface area contributed by atoms with Crippen molar-refractivity contribution < 1.29 is 4.79 Å². The lowest BCUT2D eigenvalue weighted by atomic mass is 9.78. The molecule has 16 heavy (non-hydrogen) atoms. The fourth-order valence-electron chi connectivity index (χ4n) is 3.18. The molecule has 2 heterocycles. The molecule has 1 unspecified atom stereocenters. The van der Waals surface area contributed by atoms with Crippen LogP contribution in [0.1, 0.15) is 40.0 Å². The van der Waals surface area contributed by atoms with E-state index in [0.717, 1.165) is 39.0 Å². The molecule has 0 aromatic heterocycles. The van der Waals surface area contributed by atoms with E-state index in [-0.39, 0.29) is 5.41 Å². The summed E-state index contributed by atoms with van der Waals surface area (Å²) in [7, 11) is 0. The second-order valence-corrected chi connectivity index (χ2v) is 5.58. The SMILES string of the molecule is CCN1CCCC2(CCN(C(C)C)C2)C1=O. The van der Waals surface area contributed by atoms with Gasteiger partial charge in [0.2, 0.25) is 5.91 Å². The van der Waals surface area contributed by atoms with Gasteiger partial charge >= 0.3 is 0 Å². The normalized spacial score (nSPS) is 32.0. The van der Waals surface area contributed by atoms with E-state index in [2.05, 4.69) is 25.7 Å².